The smallest absolute Gasteiger partial charge is 0.247 e. The van der Waals surface area contributed by atoms with Crippen LogP contribution in [-0.2, 0) is 12.7 Å². The Balaban J connectivity index is 2.39. The van der Waals surface area contributed by atoms with Crippen LogP contribution < -0.4 is 0 Å². The molecule has 0 unspecified atom stereocenters. The molecule has 110 valence electrons. The van der Waals surface area contributed by atoms with Crippen LogP contribution in [0.4, 0.5) is 13.2 Å². The highest BCUT2D eigenvalue weighted by atomic mass is 32.1. The summed E-state index contributed by atoms with van der Waals surface area (Å²) < 4.78 is 41.6. The molecule has 0 aliphatic carbocycles. The molecule has 0 aliphatic heterocycles. The minimum Gasteiger partial charge on any atom is -0.247 e. The lowest BCUT2D eigenvalue weighted by atomic mass is 10.1. The molecule has 0 aromatic carbocycles. The fraction of sp³-hybridized carbons (Fsp3) is 0.286. The van der Waals surface area contributed by atoms with Gasteiger partial charge in [0.25, 0.3) is 0 Å². The van der Waals surface area contributed by atoms with Crippen molar-refractivity contribution in [3.63, 3.8) is 0 Å². The number of fused-ring (bicyclic) bond motifs is 1. The molecule has 0 fully saturated rings. The van der Waals surface area contributed by atoms with E-state index in [4.69, 9.17) is 0 Å². The largest absolute Gasteiger partial charge is 0.417 e. The van der Waals surface area contributed by atoms with Gasteiger partial charge in [0.15, 0.2) is 5.65 Å². The number of rotatable bonds is 2. The Hall–Kier alpha value is -1.89. The van der Waals surface area contributed by atoms with Gasteiger partial charge < -0.3 is 0 Å². The number of aryl methyl sites for hydroxylation is 2. The first-order valence-corrected chi connectivity index (χ1v) is 7.29. The second kappa shape index (κ2) is 4.84. The van der Waals surface area contributed by atoms with Crippen molar-refractivity contribution in [1.29, 1.82) is 0 Å². The molecule has 3 rings (SSSR count). The molecule has 0 aliphatic rings. The molecule has 21 heavy (non-hydrogen) atoms. The van der Waals surface area contributed by atoms with E-state index in [1.165, 1.54) is 16.0 Å². The van der Waals surface area contributed by atoms with Gasteiger partial charge in [-0.1, -0.05) is 6.07 Å². The molecule has 0 saturated carbocycles. The van der Waals surface area contributed by atoms with Gasteiger partial charge in [0.1, 0.15) is 0 Å². The topological polar surface area (TPSA) is 30.7 Å². The molecule has 0 bridgehead atoms. The molecule has 0 amide bonds. The summed E-state index contributed by atoms with van der Waals surface area (Å²) in [5.74, 6) is 0. The molecule has 3 heterocycles. The third kappa shape index (κ3) is 2.31. The van der Waals surface area contributed by atoms with E-state index < -0.39 is 11.7 Å². The van der Waals surface area contributed by atoms with Crippen molar-refractivity contribution in [2.45, 2.75) is 26.6 Å². The van der Waals surface area contributed by atoms with Crippen LogP contribution in [0.5, 0.6) is 0 Å². The Bertz CT molecular complexity index is 788. The van der Waals surface area contributed by atoms with Crippen LogP contribution in [0.15, 0.2) is 23.6 Å². The van der Waals surface area contributed by atoms with Gasteiger partial charge in [0.05, 0.1) is 27.2 Å². The van der Waals surface area contributed by atoms with E-state index in [2.05, 4.69) is 10.1 Å². The molecule has 0 spiro atoms. The van der Waals surface area contributed by atoms with E-state index in [1.807, 2.05) is 12.3 Å². The molecule has 0 atom stereocenters. The van der Waals surface area contributed by atoms with Crippen molar-refractivity contribution >= 4 is 22.4 Å². The third-order valence-corrected chi connectivity index (χ3v) is 4.15. The lowest BCUT2D eigenvalue weighted by molar-refractivity contribution is -0.136. The van der Waals surface area contributed by atoms with Crippen LogP contribution in [0.2, 0.25) is 0 Å². The van der Waals surface area contributed by atoms with Crippen LogP contribution in [0, 0.1) is 6.92 Å². The maximum atomic E-state index is 13.4. The van der Waals surface area contributed by atoms with Crippen LogP contribution in [-0.4, -0.2) is 14.8 Å². The average Bonchev–Trinajstić information content (AvgIpc) is 3.05. The van der Waals surface area contributed by atoms with Crippen molar-refractivity contribution in [1.82, 2.24) is 14.8 Å². The third-order valence-electron chi connectivity index (χ3n) is 3.26. The Kier molecular flexibility index (Phi) is 3.24. The number of nitrogens with zero attached hydrogens (tertiary/aromatic N) is 3. The summed E-state index contributed by atoms with van der Waals surface area (Å²) in [5.41, 5.74) is 0.296. The van der Waals surface area contributed by atoms with Crippen molar-refractivity contribution in [3.8, 4) is 10.6 Å². The number of hydrogen-bond donors (Lipinski definition) is 0. The number of alkyl halides is 3. The zero-order valence-electron chi connectivity index (χ0n) is 11.4. The highest BCUT2D eigenvalue weighted by molar-refractivity contribution is 7.13. The summed E-state index contributed by atoms with van der Waals surface area (Å²) in [7, 11) is 0. The van der Waals surface area contributed by atoms with Gasteiger partial charge in [-0.2, -0.15) is 18.3 Å². The number of halogens is 3. The number of pyridine rings is 1. The fourth-order valence-electron chi connectivity index (χ4n) is 2.35. The molecule has 3 aromatic rings. The Morgan fingerprint density at radius 2 is 2.10 bits per heavy atom. The van der Waals surface area contributed by atoms with Crippen LogP contribution in [0.3, 0.4) is 0 Å². The first-order chi connectivity index (χ1) is 9.91. The van der Waals surface area contributed by atoms with Gasteiger partial charge in [-0.05, 0) is 31.4 Å². The predicted octanol–water partition coefficient (Wildman–Crippen LogP) is 4.51. The summed E-state index contributed by atoms with van der Waals surface area (Å²) in [6.07, 6.45) is -4.43. The zero-order valence-corrected chi connectivity index (χ0v) is 12.2. The average molecular weight is 311 g/mol. The lowest BCUT2D eigenvalue weighted by Crippen LogP contribution is -2.07. The molecule has 3 nitrogen and oxygen atoms in total. The molecule has 3 aromatic heterocycles. The van der Waals surface area contributed by atoms with Gasteiger partial charge in [0, 0.05) is 6.54 Å². The van der Waals surface area contributed by atoms with Gasteiger partial charge >= 0.3 is 6.18 Å². The second-order valence-corrected chi connectivity index (χ2v) is 5.58. The monoisotopic (exact) mass is 311 g/mol. The standard InChI is InChI=1S/C14H12F3N3S/c1-3-20-13-12(8(2)19-20)9(14(15,16)17)7-10(18-13)11-5-4-6-21-11/h4-7H,3H2,1-2H3. The van der Waals surface area contributed by atoms with Crippen molar-refractivity contribution in [2.75, 3.05) is 0 Å². The molecule has 0 radical (unpaired) electrons. The zero-order chi connectivity index (χ0) is 15.2. The molecule has 7 heteroatoms. The second-order valence-electron chi connectivity index (χ2n) is 4.63. The van der Waals surface area contributed by atoms with Crippen molar-refractivity contribution in [2.24, 2.45) is 0 Å². The minimum absolute atomic E-state index is 0.0876. The van der Waals surface area contributed by atoms with E-state index in [0.29, 0.717) is 22.8 Å². The first-order valence-electron chi connectivity index (χ1n) is 6.41. The van der Waals surface area contributed by atoms with Crippen LogP contribution in [0.25, 0.3) is 21.6 Å². The Morgan fingerprint density at radius 3 is 2.67 bits per heavy atom. The lowest BCUT2D eigenvalue weighted by Gasteiger charge is -2.10. The van der Waals surface area contributed by atoms with E-state index >= 15 is 0 Å². The van der Waals surface area contributed by atoms with Crippen molar-refractivity contribution < 1.29 is 13.2 Å². The first kappa shape index (κ1) is 14.1. The summed E-state index contributed by atoms with van der Waals surface area (Å²) in [4.78, 5) is 5.11. The quantitative estimate of drug-likeness (QED) is 0.697. The van der Waals surface area contributed by atoms with Crippen LogP contribution in [0.1, 0.15) is 18.2 Å². The Labute approximate surface area is 123 Å². The summed E-state index contributed by atoms with van der Waals surface area (Å²) in [6.45, 7) is 3.89. The predicted molar refractivity (Wildman–Crippen MR) is 76.3 cm³/mol. The number of hydrogen-bond acceptors (Lipinski definition) is 3. The Morgan fingerprint density at radius 1 is 1.33 bits per heavy atom. The molecular weight excluding hydrogens is 299 g/mol. The summed E-state index contributed by atoms with van der Waals surface area (Å²) >= 11 is 1.36. The van der Waals surface area contributed by atoms with Gasteiger partial charge in [-0.15, -0.1) is 11.3 Å². The summed E-state index contributed by atoms with van der Waals surface area (Å²) in [5, 5.41) is 6.07. The number of thiophene rings is 1. The van der Waals surface area contributed by atoms with Gasteiger partial charge in [0.2, 0.25) is 0 Å². The molecule has 0 N–H and O–H groups in total. The molecule has 0 saturated heterocycles. The SMILES string of the molecule is CCn1nc(C)c2c(C(F)(F)F)cc(-c3cccs3)nc21. The maximum absolute atomic E-state index is 13.4. The van der Waals surface area contributed by atoms with E-state index in [9.17, 15) is 13.2 Å². The van der Waals surface area contributed by atoms with E-state index in [1.54, 1.807) is 19.1 Å². The van der Waals surface area contributed by atoms with Crippen molar-refractivity contribution in [3.05, 3.63) is 34.8 Å². The van der Waals surface area contributed by atoms with Crippen LogP contribution >= 0.6 is 11.3 Å². The highest BCUT2D eigenvalue weighted by Crippen LogP contribution is 2.38. The summed E-state index contributed by atoms with van der Waals surface area (Å²) in [6, 6.07) is 4.67. The maximum Gasteiger partial charge on any atom is 0.417 e. The fourth-order valence-corrected chi connectivity index (χ4v) is 3.03. The van der Waals surface area contributed by atoms with E-state index in [-0.39, 0.29) is 11.0 Å². The minimum atomic E-state index is -4.43. The number of aromatic nitrogens is 3. The highest BCUT2D eigenvalue weighted by Gasteiger charge is 2.35. The van der Waals surface area contributed by atoms with Gasteiger partial charge in [-0.25, -0.2) is 9.67 Å². The normalized spacial score (nSPS) is 12.2. The van der Waals surface area contributed by atoms with E-state index in [0.717, 1.165) is 6.07 Å². The van der Waals surface area contributed by atoms with Gasteiger partial charge in [-0.3, -0.25) is 0 Å². The molecular formula is C14H12F3N3S.